The van der Waals surface area contributed by atoms with Crippen molar-refractivity contribution in [3.05, 3.63) is 48.5 Å². The van der Waals surface area contributed by atoms with Crippen LogP contribution in [0.25, 0.3) is 0 Å². The van der Waals surface area contributed by atoms with Crippen molar-refractivity contribution in [2.75, 3.05) is 11.9 Å². The van der Waals surface area contributed by atoms with Gasteiger partial charge in [0, 0.05) is 31.2 Å². The van der Waals surface area contributed by atoms with Crippen LogP contribution >= 0.6 is 0 Å². The Morgan fingerprint density at radius 3 is 2.90 bits per heavy atom. The first-order valence-electron chi connectivity index (χ1n) is 5.99. The standard InChI is InChI=1S/C13H14N4O3/c18-12(19)10-2-1-3-11(8-10)16-13(20)15-5-7-17-6-4-14-9-17/h1-4,6,8-9H,5,7H2,(H,18,19)(H2,15,16,20). The maximum Gasteiger partial charge on any atom is 0.335 e. The molecule has 1 aromatic carbocycles. The predicted molar refractivity (Wildman–Crippen MR) is 72.6 cm³/mol. The number of nitrogens with zero attached hydrogens (tertiary/aromatic N) is 2. The summed E-state index contributed by atoms with van der Waals surface area (Å²) in [6.45, 7) is 1.06. The summed E-state index contributed by atoms with van der Waals surface area (Å²) in [4.78, 5) is 26.3. The van der Waals surface area contributed by atoms with E-state index in [1.54, 1.807) is 30.9 Å². The normalized spacial score (nSPS) is 10.0. The minimum absolute atomic E-state index is 0.126. The van der Waals surface area contributed by atoms with Crippen molar-refractivity contribution in [1.82, 2.24) is 14.9 Å². The zero-order valence-corrected chi connectivity index (χ0v) is 10.6. The highest BCUT2D eigenvalue weighted by Crippen LogP contribution is 2.10. The molecule has 20 heavy (non-hydrogen) atoms. The molecular weight excluding hydrogens is 260 g/mol. The number of anilines is 1. The van der Waals surface area contributed by atoms with E-state index < -0.39 is 5.97 Å². The van der Waals surface area contributed by atoms with E-state index in [9.17, 15) is 9.59 Å². The minimum Gasteiger partial charge on any atom is -0.478 e. The molecule has 7 nitrogen and oxygen atoms in total. The maximum absolute atomic E-state index is 11.6. The first-order valence-corrected chi connectivity index (χ1v) is 5.99. The number of rotatable bonds is 5. The van der Waals surface area contributed by atoms with E-state index in [1.807, 2.05) is 4.57 Å². The summed E-state index contributed by atoms with van der Waals surface area (Å²) < 4.78 is 1.84. The maximum atomic E-state index is 11.6. The third-order valence-electron chi connectivity index (χ3n) is 2.58. The van der Waals surface area contributed by atoms with Crippen LogP contribution in [0.2, 0.25) is 0 Å². The monoisotopic (exact) mass is 274 g/mol. The van der Waals surface area contributed by atoms with Gasteiger partial charge in [-0.25, -0.2) is 14.6 Å². The smallest absolute Gasteiger partial charge is 0.335 e. The summed E-state index contributed by atoms with van der Waals surface area (Å²) in [7, 11) is 0. The number of urea groups is 1. The highest BCUT2D eigenvalue weighted by atomic mass is 16.4. The Balaban J connectivity index is 1.82. The molecule has 0 aliphatic heterocycles. The SMILES string of the molecule is O=C(NCCn1ccnc1)Nc1cccc(C(=O)O)c1. The number of carboxylic acid groups (broad SMARTS) is 1. The van der Waals surface area contributed by atoms with Crippen molar-refractivity contribution < 1.29 is 14.7 Å². The predicted octanol–water partition coefficient (Wildman–Crippen LogP) is 1.40. The summed E-state index contributed by atoms with van der Waals surface area (Å²) in [5.74, 6) is -1.03. The molecule has 0 saturated heterocycles. The summed E-state index contributed by atoms with van der Waals surface area (Å²) >= 11 is 0. The van der Waals surface area contributed by atoms with Gasteiger partial charge in [-0.15, -0.1) is 0 Å². The third-order valence-corrected chi connectivity index (χ3v) is 2.58. The molecule has 1 heterocycles. The molecule has 2 amide bonds. The number of hydrogen-bond acceptors (Lipinski definition) is 3. The van der Waals surface area contributed by atoms with Crippen LogP contribution in [0.3, 0.4) is 0 Å². The highest BCUT2D eigenvalue weighted by molar-refractivity contribution is 5.93. The number of imidazole rings is 1. The van der Waals surface area contributed by atoms with Crippen LogP contribution in [0.1, 0.15) is 10.4 Å². The zero-order valence-electron chi connectivity index (χ0n) is 10.6. The van der Waals surface area contributed by atoms with Crippen LogP contribution in [-0.2, 0) is 6.54 Å². The average molecular weight is 274 g/mol. The number of nitrogens with one attached hydrogen (secondary N) is 2. The van der Waals surface area contributed by atoms with E-state index >= 15 is 0 Å². The Morgan fingerprint density at radius 2 is 2.20 bits per heavy atom. The van der Waals surface area contributed by atoms with Crippen LogP contribution in [0.15, 0.2) is 43.0 Å². The molecule has 1 aromatic heterocycles. The molecule has 0 spiro atoms. The molecule has 0 radical (unpaired) electrons. The second-order valence-electron chi connectivity index (χ2n) is 4.07. The van der Waals surface area contributed by atoms with Gasteiger partial charge in [0.2, 0.25) is 0 Å². The summed E-state index contributed by atoms with van der Waals surface area (Å²) in [5.41, 5.74) is 0.561. The van der Waals surface area contributed by atoms with Gasteiger partial charge >= 0.3 is 12.0 Å². The molecule has 104 valence electrons. The lowest BCUT2D eigenvalue weighted by molar-refractivity contribution is 0.0697. The quantitative estimate of drug-likeness (QED) is 0.768. The molecule has 2 aromatic rings. The number of aromatic nitrogens is 2. The van der Waals surface area contributed by atoms with Crippen LogP contribution in [-0.4, -0.2) is 33.2 Å². The van der Waals surface area contributed by atoms with E-state index in [0.29, 0.717) is 18.8 Å². The van der Waals surface area contributed by atoms with Crippen molar-refractivity contribution in [2.45, 2.75) is 6.54 Å². The molecule has 0 unspecified atom stereocenters. The second kappa shape index (κ2) is 6.37. The van der Waals surface area contributed by atoms with Crippen molar-refractivity contribution >= 4 is 17.7 Å². The van der Waals surface area contributed by atoms with Crippen LogP contribution < -0.4 is 10.6 Å². The largest absolute Gasteiger partial charge is 0.478 e. The molecule has 0 aliphatic rings. The Kier molecular flexibility index (Phi) is 4.33. The number of benzene rings is 1. The van der Waals surface area contributed by atoms with Gasteiger partial charge in [0.25, 0.3) is 0 Å². The summed E-state index contributed by atoms with van der Waals surface area (Å²) in [5, 5.41) is 14.1. The Bertz CT molecular complexity index is 595. The fourth-order valence-corrected chi connectivity index (χ4v) is 1.62. The highest BCUT2D eigenvalue weighted by Gasteiger charge is 2.05. The van der Waals surface area contributed by atoms with Gasteiger partial charge in [-0.2, -0.15) is 0 Å². The lowest BCUT2D eigenvalue weighted by Crippen LogP contribution is -2.31. The number of aromatic carboxylic acids is 1. The number of carbonyl (C=O) groups is 2. The summed E-state index contributed by atoms with van der Waals surface area (Å²) in [6.07, 6.45) is 5.13. The van der Waals surface area contributed by atoms with Crippen LogP contribution in [0.4, 0.5) is 10.5 Å². The topological polar surface area (TPSA) is 96.3 Å². The van der Waals surface area contributed by atoms with Crippen molar-refractivity contribution in [2.24, 2.45) is 0 Å². The molecule has 2 rings (SSSR count). The van der Waals surface area contributed by atoms with E-state index in [4.69, 9.17) is 5.11 Å². The van der Waals surface area contributed by atoms with Gasteiger partial charge in [-0.05, 0) is 18.2 Å². The van der Waals surface area contributed by atoms with Crippen molar-refractivity contribution in [1.29, 1.82) is 0 Å². The van der Waals surface area contributed by atoms with E-state index in [0.717, 1.165) is 0 Å². The molecule has 0 bridgehead atoms. The fraction of sp³-hybridized carbons (Fsp3) is 0.154. The number of amides is 2. The zero-order chi connectivity index (χ0) is 14.4. The van der Waals surface area contributed by atoms with Gasteiger partial charge in [0.1, 0.15) is 0 Å². The first-order chi connectivity index (χ1) is 9.65. The van der Waals surface area contributed by atoms with E-state index in [1.165, 1.54) is 12.1 Å². The first kappa shape index (κ1) is 13.6. The molecule has 0 atom stereocenters. The van der Waals surface area contributed by atoms with Crippen LogP contribution in [0.5, 0.6) is 0 Å². The number of carboxylic acids is 1. The van der Waals surface area contributed by atoms with Crippen molar-refractivity contribution in [3.63, 3.8) is 0 Å². The Labute approximate surface area is 115 Å². The van der Waals surface area contributed by atoms with Gasteiger partial charge in [0.15, 0.2) is 0 Å². The van der Waals surface area contributed by atoms with Gasteiger partial charge in [-0.3, -0.25) is 0 Å². The second-order valence-corrected chi connectivity index (χ2v) is 4.07. The molecule has 0 aliphatic carbocycles. The lowest BCUT2D eigenvalue weighted by Gasteiger charge is -2.08. The molecular formula is C13H14N4O3. The Morgan fingerprint density at radius 1 is 1.35 bits per heavy atom. The number of carbonyl (C=O) groups excluding carboxylic acids is 1. The van der Waals surface area contributed by atoms with Gasteiger partial charge in [-0.1, -0.05) is 6.07 Å². The molecule has 0 fully saturated rings. The fourth-order valence-electron chi connectivity index (χ4n) is 1.62. The third kappa shape index (κ3) is 3.84. The number of hydrogen-bond donors (Lipinski definition) is 3. The molecule has 3 N–H and O–H groups in total. The van der Waals surface area contributed by atoms with Gasteiger partial charge < -0.3 is 20.3 Å². The molecule has 7 heteroatoms. The summed E-state index contributed by atoms with van der Waals surface area (Å²) in [6, 6.07) is 5.68. The van der Waals surface area contributed by atoms with E-state index in [-0.39, 0.29) is 11.6 Å². The van der Waals surface area contributed by atoms with Crippen molar-refractivity contribution in [3.8, 4) is 0 Å². The van der Waals surface area contributed by atoms with Crippen LogP contribution in [0, 0.1) is 0 Å². The van der Waals surface area contributed by atoms with E-state index in [2.05, 4.69) is 15.6 Å². The van der Waals surface area contributed by atoms with Gasteiger partial charge in [0.05, 0.1) is 11.9 Å². The average Bonchev–Trinajstić information content (AvgIpc) is 2.92. The molecule has 0 saturated carbocycles. The lowest BCUT2D eigenvalue weighted by atomic mass is 10.2. The Hall–Kier alpha value is -2.83. The minimum atomic E-state index is -1.03.